The molecule has 0 saturated heterocycles. The molecule has 25 heavy (non-hydrogen) atoms. The lowest BCUT2D eigenvalue weighted by Gasteiger charge is -2.30. The largest absolute Gasteiger partial charge is 0.485 e. The van der Waals surface area contributed by atoms with Crippen LogP contribution in [-0.4, -0.2) is 22.8 Å². The zero-order valence-electron chi connectivity index (χ0n) is 14.7. The fourth-order valence-corrected chi connectivity index (χ4v) is 3.39. The van der Waals surface area contributed by atoms with Crippen LogP contribution in [0.3, 0.4) is 0 Å². The van der Waals surface area contributed by atoms with Crippen LogP contribution in [0.5, 0.6) is 5.75 Å². The van der Waals surface area contributed by atoms with Gasteiger partial charge in [-0.15, -0.1) is 0 Å². The Hall–Kier alpha value is -2.68. The van der Waals surface area contributed by atoms with Crippen molar-refractivity contribution in [1.82, 2.24) is 4.98 Å². The predicted molar refractivity (Wildman–Crippen MR) is 103 cm³/mol. The average Bonchev–Trinajstić information content (AvgIpc) is 2.85. The van der Waals surface area contributed by atoms with Gasteiger partial charge in [0.25, 0.3) is 0 Å². The van der Waals surface area contributed by atoms with Crippen molar-refractivity contribution in [3.05, 3.63) is 71.9 Å². The maximum atomic E-state index is 6.45. The van der Waals surface area contributed by atoms with Gasteiger partial charge in [-0.05, 0) is 37.1 Å². The first-order valence-corrected chi connectivity index (χ1v) is 8.93. The van der Waals surface area contributed by atoms with E-state index in [0.29, 0.717) is 6.54 Å². The second-order valence-electron chi connectivity index (χ2n) is 6.57. The van der Waals surface area contributed by atoms with Crippen LogP contribution in [0.15, 0.2) is 65.8 Å². The lowest BCUT2D eigenvalue weighted by atomic mass is 9.97. The first kappa shape index (κ1) is 15.8. The van der Waals surface area contributed by atoms with E-state index in [1.165, 1.54) is 0 Å². The van der Waals surface area contributed by atoms with E-state index in [-0.39, 0.29) is 5.60 Å². The number of hydrogen-bond donors (Lipinski definition) is 0. The van der Waals surface area contributed by atoms with E-state index in [1.54, 1.807) is 0 Å². The Labute approximate surface area is 148 Å². The molecule has 0 bridgehead atoms. The third kappa shape index (κ3) is 2.80. The summed E-state index contributed by atoms with van der Waals surface area (Å²) < 4.78 is 6.45. The van der Waals surface area contributed by atoms with Crippen molar-refractivity contribution in [2.24, 2.45) is 4.99 Å². The van der Waals surface area contributed by atoms with Crippen molar-refractivity contribution in [2.75, 3.05) is 6.54 Å². The number of nitrogens with zero attached hydrogens (tertiary/aromatic N) is 2. The van der Waals surface area contributed by atoms with Crippen molar-refractivity contribution in [1.29, 1.82) is 0 Å². The Morgan fingerprint density at radius 1 is 1.00 bits per heavy atom. The van der Waals surface area contributed by atoms with E-state index in [0.717, 1.165) is 46.3 Å². The minimum Gasteiger partial charge on any atom is -0.485 e. The number of hydrogen-bond acceptors (Lipinski definition) is 3. The van der Waals surface area contributed by atoms with Crippen LogP contribution in [0.2, 0.25) is 0 Å². The molecule has 3 nitrogen and oxygen atoms in total. The third-order valence-electron chi connectivity index (χ3n) is 5.15. The van der Waals surface area contributed by atoms with Crippen LogP contribution in [0, 0.1) is 0 Å². The van der Waals surface area contributed by atoms with E-state index >= 15 is 0 Å². The number of benzene rings is 2. The molecular formula is C22H22N2O. The summed E-state index contributed by atoms with van der Waals surface area (Å²) in [6.45, 7) is 5.01. The predicted octanol–water partition coefficient (Wildman–Crippen LogP) is 5.02. The molecule has 1 aromatic heterocycles. The zero-order valence-corrected chi connectivity index (χ0v) is 14.7. The first-order valence-electron chi connectivity index (χ1n) is 8.93. The molecule has 0 unspecified atom stereocenters. The highest BCUT2D eigenvalue weighted by Crippen LogP contribution is 2.33. The van der Waals surface area contributed by atoms with Crippen molar-refractivity contribution in [2.45, 2.75) is 32.3 Å². The molecule has 1 aliphatic heterocycles. The van der Waals surface area contributed by atoms with Gasteiger partial charge in [0, 0.05) is 22.7 Å². The number of pyridine rings is 1. The van der Waals surface area contributed by atoms with Gasteiger partial charge in [0.15, 0.2) is 0 Å². The summed E-state index contributed by atoms with van der Waals surface area (Å²) >= 11 is 0. The Balaban J connectivity index is 1.88. The van der Waals surface area contributed by atoms with Gasteiger partial charge in [0.1, 0.15) is 11.4 Å². The number of aromatic nitrogens is 1. The second-order valence-corrected chi connectivity index (χ2v) is 6.57. The van der Waals surface area contributed by atoms with Crippen LogP contribution >= 0.6 is 0 Å². The van der Waals surface area contributed by atoms with Crippen molar-refractivity contribution in [3.63, 3.8) is 0 Å². The summed E-state index contributed by atoms with van der Waals surface area (Å²) in [7, 11) is 0. The summed E-state index contributed by atoms with van der Waals surface area (Å²) in [5.41, 5.74) is 3.82. The summed E-state index contributed by atoms with van der Waals surface area (Å²) in [5, 5.41) is 1.13. The van der Waals surface area contributed by atoms with Crippen LogP contribution < -0.4 is 4.74 Å². The molecule has 0 atom stereocenters. The van der Waals surface area contributed by atoms with Gasteiger partial charge in [-0.2, -0.15) is 0 Å². The maximum absolute atomic E-state index is 6.45. The highest BCUT2D eigenvalue weighted by molar-refractivity contribution is 6.15. The number of ether oxygens (including phenoxy) is 1. The van der Waals surface area contributed by atoms with Crippen LogP contribution in [0.25, 0.3) is 10.9 Å². The molecule has 2 heterocycles. The van der Waals surface area contributed by atoms with Gasteiger partial charge < -0.3 is 4.74 Å². The summed E-state index contributed by atoms with van der Waals surface area (Å²) in [6.07, 6.45) is 3.79. The highest BCUT2D eigenvalue weighted by atomic mass is 16.5. The highest BCUT2D eigenvalue weighted by Gasteiger charge is 2.32. The maximum Gasteiger partial charge on any atom is 0.129 e. The molecule has 3 heteroatoms. The van der Waals surface area contributed by atoms with Crippen molar-refractivity contribution >= 4 is 16.6 Å². The molecule has 0 aliphatic carbocycles. The van der Waals surface area contributed by atoms with E-state index in [4.69, 9.17) is 9.73 Å². The van der Waals surface area contributed by atoms with Crippen LogP contribution in [0.1, 0.15) is 37.8 Å². The lowest BCUT2D eigenvalue weighted by Crippen LogP contribution is -2.37. The Kier molecular flexibility index (Phi) is 4.00. The smallest absolute Gasteiger partial charge is 0.129 e. The molecule has 0 saturated carbocycles. The number of rotatable bonds is 3. The molecular weight excluding hydrogens is 308 g/mol. The Morgan fingerprint density at radius 3 is 2.60 bits per heavy atom. The minimum absolute atomic E-state index is 0.234. The van der Waals surface area contributed by atoms with Gasteiger partial charge in [0.05, 0.1) is 17.8 Å². The fourth-order valence-electron chi connectivity index (χ4n) is 3.39. The van der Waals surface area contributed by atoms with E-state index in [9.17, 15) is 0 Å². The number of fused-ring (bicyclic) bond motifs is 2. The summed E-state index contributed by atoms with van der Waals surface area (Å²) in [5.74, 6) is 0.913. The average molecular weight is 330 g/mol. The molecule has 0 fully saturated rings. The lowest BCUT2D eigenvalue weighted by molar-refractivity contribution is 0.0713. The van der Waals surface area contributed by atoms with E-state index < -0.39 is 0 Å². The van der Waals surface area contributed by atoms with Crippen LogP contribution in [-0.2, 0) is 0 Å². The summed E-state index contributed by atoms with van der Waals surface area (Å²) in [4.78, 5) is 9.60. The molecule has 0 amide bonds. The van der Waals surface area contributed by atoms with Crippen molar-refractivity contribution < 1.29 is 4.74 Å². The quantitative estimate of drug-likeness (QED) is 0.675. The van der Waals surface area contributed by atoms with Gasteiger partial charge in [0.2, 0.25) is 0 Å². The van der Waals surface area contributed by atoms with Gasteiger partial charge in [-0.3, -0.25) is 9.98 Å². The number of para-hydroxylation sites is 2. The Bertz CT molecular complexity index is 941. The Morgan fingerprint density at radius 2 is 1.76 bits per heavy atom. The van der Waals surface area contributed by atoms with E-state index in [2.05, 4.69) is 37.0 Å². The molecule has 1 aliphatic rings. The third-order valence-corrected chi connectivity index (χ3v) is 5.15. The fraction of sp³-hybridized carbons (Fsp3) is 0.273. The monoisotopic (exact) mass is 330 g/mol. The van der Waals surface area contributed by atoms with Crippen LogP contribution in [0.4, 0.5) is 0 Å². The standard InChI is InChI=1S/C22H22N2O/c1-3-22(4-2)15-24-21(18-10-6-8-12-20(18)25-22)17-13-16-9-5-7-11-19(16)23-14-17/h5-14H,3-4,15H2,1-2H3. The summed E-state index contributed by atoms with van der Waals surface area (Å²) in [6, 6.07) is 18.5. The molecule has 4 rings (SSSR count). The second kappa shape index (κ2) is 6.32. The molecule has 0 N–H and O–H groups in total. The van der Waals surface area contributed by atoms with E-state index in [1.807, 2.05) is 42.6 Å². The van der Waals surface area contributed by atoms with Gasteiger partial charge >= 0.3 is 0 Å². The zero-order chi connectivity index (χ0) is 17.3. The van der Waals surface area contributed by atoms with Gasteiger partial charge in [-0.25, -0.2) is 0 Å². The topological polar surface area (TPSA) is 34.5 Å². The molecule has 0 spiro atoms. The SMILES string of the molecule is CCC1(CC)CN=C(c2cnc3ccccc3c2)c2ccccc2O1. The molecule has 126 valence electrons. The normalized spacial score (nSPS) is 15.8. The van der Waals surface area contributed by atoms with Gasteiger partial charge in [-0.1, -0.05) is 44.2 Å². The first-order chi connectivity index (χ1) is 12.2. The number of aliphatic imine (C=N–C) groups is 1. The molecule has 3 aromatic rings. The van der Waals surface area contributed by atoms with Crippen molar-refractivity contribution in [3.8, 4) is 5.75 Å². The minimum atomic E-state index is -0.234. The molecule has 2 aromatic carbocycles. The molecule has 0 radical (unpaired) electrons.